The molecule has 1 nitrogen and oxygen atoms in total. The molecule has 0 radical (unpaired) electrons. The van der Waals surface area contributed by atoms with E-state index in [4.69, 9.17) is 0 Å². The summed E-state index contributed by atoms with van der Waals surface area (Å²) in [4.78, 5) is 10.9. The van der Waals surface area contributed by atoms with Gasteiger partial charge in [-0.3, -0.25) is 0 Å². The summed E-state index contributed by atoms with van der Waals surface area (Å²) in [6, 6.07) is 0. The number of hydrogen-bond donors (Lipinski definition) is 0. The highest BCUT2D eigenvalue weighted by molar-refractivity contribution is 5.59. The Morgan fingerprint density at radius 2 is 1.38 bits per heavy atom. The lowest BCUT2D eigenvalue weighted by Gasteiger charge is -2.21. The van der Waals surface area contributed by atoms with Gasteiger partial charge in [-0.15, -0.1) is 13.2 Å². The van der Waals surface area contributed by atoms with E-state index in [1.165, 1.54) is 0 Å². The van der Waals surface area contributed by atoms with E-state index in [0.717, 1.165) is 6.29 Å². The smallest absolute Gasteiger partial charge is 0.124 e. The molecule has 0 aromatic rings. The van der Waals surface area contributed by atoms with E-state index >= 15 is 0 Å². The van der Waals surface area contributed by atoms with E-state index < -0.39 is 0 Å². The number of allylic oxidation sites excluding steroid dienone is 4. The molecule has 0 N–H and O–H groups in total. The minimum absolute atomic E-state index is 0.172. The van der Waals surface area contributed by atoms with Crippen molar-refractivity contribution in [1.82, 2.24) is 0 Å². The van der Waals surface area contributed by atoms with Gasteiger partial charge in [-0.2, -0.15) is 0 Å². The predicted molar refractivity (Wildman–Crippen MR) is 53.0 cm³/mol. The van der Waals surface area contributed by atoms with E-state index in [2.05, 4.69) is 25.3 Å². The van der Waals surface area contributed by atoms with Gasteiger partial charge in [0.05, 0.1) is 0 Å². The zero-order valence-electron chi connectivity index (χ0n) is 7.60. The van der Waals surface area contributed by atoms with Crippen LogP contribution in [0.2, 0.25) is 0 Å². The number of hydrogen-bond acceptors (Lipinski definition) is 1. The zero-order chi connectivity index (χ0) is 9.42. The SMILES string of the molecule is C=CC1C(C=C)C2C=CC1C2C=O. The molecule has 0 spiro atoms. The van der Waals surface area contributed by atoms with Crippen LogP contribution >= 0.6 is 0 Å². The Bertz CT molecular complexity index is 249. The van der Waals surface area contributed by atoms with Crippen LogP contribution < -0.4 is 0 Å². The molecule has 1 fully saturated rings. The lowest BCUT2D eigenvalue weighted by atomic mass is 9.83. The Hall–Kier alpha value is -1.11. The number of aldehydes is 1. The van der Waals surface area contributed by atoms with Crippen LogP contribution in [-0.2, 0) is 4.79 Å². The molecular formula is C12H14O. The average molecular weight is 174 g/mol. The van der Waals surface area contributed by atoms with Crippen molar-refractivity contribution in [3.8, 4) is 0 Å². The van der Waals surface area contributed by atoms with Crippen molar-refractivity contribution in [1.29, 1.82) is 0 Å². The van der Waals surface area contributed by atoms with Crippen molar-refractivity contribution >= 4 is 6.29 Å². The molecule has 2 aliphatic carbocycles. The number of carbonyl (C=O) groups is 1. The predicted octanol–water partition coefficient (Wildman–Crippen LogP) is 2.22. The first-order chi connectivity index (χ1) is 6.33. The Balaban J connectivity index is 2.34. The summed E-state index contributed by atoms with van der Waals surface area (Å²) >= 11 is 0. The maximum absolute atomic E-state index is 10.9. The first kappa shape index (κ1) is 8.49. The van der Waals surface area contributed by atoms with E-state index in [1.807, 2.05) is 12.2 Å². The van der Waals surface area contributed by atoms with Crippen LogP contribution in [0.5, 0.6) is 0 Å². The molecule has 0 aliphatic heterocycles. The van der Waals surface area contributed by atoms with Crippen LogP contribution in [0.1, 0.15) is 0 Å². The zero-order valence-corrected chi connectivity index (χ0v) is 7.60. The highest BCUT2D eigenvalue weighted by Crippen LogP contribution is 2.52. The molecule has 1 saturated carbocycles. The third-order valence-corrected chi connectivity index (χ3v) is 3.48. The van der Waals surface area contributed by atoms with E-state index in [1.54, 1.807) is 0 Å². The van der Waals surface area contributed by atoms with Crippen molar-refractivity contribution in [3.63, 3.8) is 0 Å². The fraction of sp³-hybridized carbons (Fsp3) is 0.417. The minimum Gasteiger partial charge on any atom is -0.303 e. The van der Waals surface area contributed by atoms with Crippen molar-refractivity contribution in [2.24, 2.45) is 29.6 Å². The molecule has 0 heterocycles. The van der Waals surface area contributed by atoms with Crippen LogP contribution in [0.15, 0.2) is 37.5 Å². The van der Waals surface area contributed by atoms with Gasteiger partial charge < -0.3 is 4.79 Å². The van der Waals surface area contributed by atoms with Crippen LogP contribution in [0, 0.1) is 29.6 Å². The summed E-state index contributed by atoms with van der Waals surface area (Å²) in [5.41, 5.74) is 0. The molecule has 0 saturated heterocycles. The van der Waals surface area contributed by atoms with Gasteiger partial charge in [0.2, 0.25) is 0 Å². The van der Waals surface area contributed by atoms with Crippen LogP contribution in [0.4, 0.5) is 0 Å². The molecule has 2 bridgehead atoms. The molecule has 1 heteroatoms. The second-order valence-electron chi connectivity index (χ2n) is 3.88. The van der Waals surface area contributed by atoms with Gasteiger partial charge in [0.1, 0.15) is 6.29 Å². The van der Waals surface area contributed by atoms with Crippen LogP contribution in [0.25, 0.3) is 0 Å². The topological polar surface area (TPSA) is 17.1 Å². The van der Waals surface area contributed by atoms with Crippen molar-refractivity contribution in [2.75, 3.05) is 0 Å². The summed E-state index contributed by atoms with van der Waals surface area (Å²) in [5, 5.41) is 0. The average Bonchev–Trinajstić information content (AvgIpc) is 2.70. The molecule has 4 atom stereocenters. The van der Waals surface area contributed by atoms with Gasteiger partial charge in [-0.05, 0) is 23.7 Å². The van der Waals surface area contributed by atoms with Gasteiger partial charge in [-0.25, -0.2) is 0 Å². The third-order valence-electron chi connectivity index (χ3n) is 3.48. The van der Waals surface area contributed by atoms with Gasteiger partial charge in [0.25, 0.3) is 0 Å². The molecule has 2 aliphatic rings. The first-order valence-corrected chi connectivity index (χ1v) is 4.72. The molecule has 0 amide bonds. The second-order valence-corrected chi connectivity index (χ2v) is 3.88. The van der Waals surface area contributed by atoms with E-state index in [-0.39, 0.29) is 5.92 Å². The minimum atomic E-state index is 0.172. The van der Waals surface area contributed by atoms with Crippen molar-refractivity contribution in [3.05, 3.63) is 37.5 Å². The molecule has 2 rings (SSSR count). The van der Waals surface area contributed by atoms with Gasteiger partial charge >= 0.3 is 0 Å². The van der Waals surface area contributed by atoms with Crippen LogP contribution in [0.3, 0.4) is 0 Å². The standard InChI is InChI=1S/C12H14O/c1-3-8-9(4-2)11-6-5-10(8)12(11)7-13/h3-12H,1-2H2. The normalized spacial score (nSPS) is 46.3. The molecule has 68 valence electrons. The number of carbonyl (C=O) groups excluding carboxylic acids is 1. The van der Waals surface area contributed by atoms with Gasteiger partial charge in [0, 0.05) is 5.92 Å². The molecular weight excluding hydrogens is 160 g/mol. The maximum atomic E-state index is 10.9. The molecule has 13 heavy (non-hydrogen) atoms. The Morgan fingerprint density at radius 3 is 1.69 bits per heavy atom. The Labute approximate surface area is 78.8 Å². The Morgan fingerprint density at radius 1 is 0.923 bits per heavy atom. The molecule has 4 unspecified atom stereocenters. The summed E-state index contributed by atoms with van der Waals surface area (Å²) < 4.78 is 0. The quantitative estimate of drug-likeness (QED) is 0.473. The highest BCUT2D eigenvalue weighted by Gasteiger charge is 2.48. The number of rotatable bonds is 3. The van der Waals surface area contributed by atoms with Gasteiger partial charge in [-0.1, -0.05) is 24.3 Å². The summed E-state index contributed by atoms with van der Waals surface area (Å²) in [6.07, 6.45) is 9.36. The fourth-order valence-electron chi connectivity index (χ4n) is 2.86. The molecule has 0 aromatic carbocycles. The lowest BCUT2D eigenvalue weighted by molar-refractivity contribution is -0.112. The van der Waals surface area contributed by atoms with E-state index in [9.17, 15) is 4.79 Å². The lowest BCUT2D eigenvalue weighted by Crippen LogP contribution is -2.14. The fourth-order valence-corrected chi connectivity index (χ4v) is 2.86. The summed E-state index contributed by atoms with van der Waals surface area (Å²) in [5.74, 6) is 1.77. The van der Waals surface area contributed by atoms with Gasteiger partial charge in [0.15, 0.2) is 0 Å². The summed E-state index contributed by atoms with van der Waals surface area (Å²) in [6.45, 7) is 7.66. The Kier molecular flexibility index (Phi) is 1.95. The largest absolute Gasteiger partial charge is 0.303 e. The van der Waals surface area contributed by atoms with Crippen molar-refractivity contribution < 1.29 is 4.79 Å². The highest BCUT2D eigenvalue weighted by atomic mass is 16.1. The van der Waals surface area contributed by atoms with Crippen LogP contribution in [-0.4, -0.2) is 6.29 Å². The maximum Gasteiger partial charge on any atom is 0.124 e. The van der Waals surface area contributed by atoms with Crippen molar-refractivity contribution in [2.45, 2.75) is 0 Å². The third kappa shape index (κ3) is 0.963. The first-order valence-electron chi connectivity index (χ1n) is 4.72. The summed E-state index contributed by atoms with van der Waals surface area (Å²) in [7, 11) is 0. The monoisotopic (exact) mass is 174 g/mol. The van der Waals surface area contributed by atoms with E-state index in [0.29, 0.717) is 23.7 Å². The second kappa shape index (κ2) is 2.99. The molecule has 0 aromatic heterocycles. The number of fused-ring (bicyclic) bond motifs is 2.